The van der Waals surface area contributed by atoms with E-state index in [9.17, 15) is 4.79 Å². The van der Waals surface area contributed by atoms with Crippen molar-refractivity contribution >= 4 is 23.6 Å². The molecular formula is C11H22N4OS. The number of rotatable bonds is 2. The van der Waals surface area contributed by atoms with Crippen molar-refractivity contribution in [1.29, 1.82) is 0 Å². The second kappa shape index (κ2) is 6.14. The van der Waals surface area contributed by atoms with Crippen molar-refractivity contribution in [2.24, 2.45) is 10.7 Å². The first kappa shape index (κ1) is 14.2. The molecule has 17 heavy (non-hydrogen) atoms. The van der Waals surface area contributed by atoms with Crippen molar-refractivity contribution in [3.63, 3.8) is 0 Å². The molecule has 98 valence electrons. The second-order valence-electron chi connectivity index (χ2n) is 5.07. The molecule has 0 aromatic heterocycles. The summed E-state index contributed by atoms with van der Waals surface area (Å²) < 4.78 is 0. The van der Waals surface area contributed by atoms with E-state index in [4.69, 9.17) is 5.73 Å². The van der Waals surface area contributed by atoms with Gasteiger partial charge in [-0.15, -0.1) is 0 Å². The van der Waals surface area contributed by atoms with Gasteiger partial charge in [-0.25, -0.2) is 4.99 Å². The minimum Gasteiger partial charge on any atom is -0.370 e. The van der Waals surface area contributed by atoms with E-state index >= 15 is 0 Å². The number of amides is 1. The molecule has 3 N–H and O–H groups in total. The summed E-state index contributed by atoms with van der Waals surface area (Å²) in [4.78, 5) is 17.7. The molecule has 0 unspecified atom stereocenters. The summed E-state index contributed by atoms with van der Waals surface area (Å²) in [6.07, 6.45) is 0. The Morgan fingerprint density at radius 1 is 1.41 bits per heavy atom. The molecule has 5 nitrogen and oxygen atoms in total. The summed E-state index contributed by atoms with van der Waals surface area (Å²) in [6, 6.07) is 0. The van der Waals surface area contributed by atoms with Crippen molar-refractivity contribution < 1.29 is 4.79 Å². The maximum atomic E-state index is 11.5. The molecule has 1 amide bonds. The van der Waals surface area contributed by atoms with Gasteiger partial charge >= 0.3 is 0 Å². The first-order valence-electron chi connectivity index (χ1n) is 5.82. The number of nitrogens with two attached hydrogens (primary N) is 1. The molecule has 1 aliphatic rings. The summed E-state index contributed by atoms with van der Waals surface area (Å²) in [5, 5.41) is 2.85. The number of thioether (sulfide) groups is 1. The molecule has 0 aromatic rings. The number of nitrogens with zero attached hydrogens (tertiary/aromatic N) is 2. The van der Waals surface area contributed by atoms with Crippen molar-refractivity contribution in [1.82, 2.24) is 10.2 Å². The zero-order chi connectivity index (χ0) is 12.9. The second-order valence-corrected chi connectivity index (χ2v) is 6.30. The van der Waals surface area contributed by atoms with E-state index in [0.717, 1.165) is 24.6 Å². The molecule has 0 aliphatic carbocycles. The van der Waals surface area contributed by atoms with E-state index in [0.29, 0.717) is 5.96 Å². The van der Waals surface area contributed by atoms with Gasteiger partial charge in [0.25, 0.3) is 0 Å². The molecule has 0 spiro atoms. The summed E-state index contributed by atoms with van der Waals surface area (Å²) in [5.74, 6) is 2.54. The van der Waals surface area contributed by atoms with E-state index in [-0.39, 0.29) is 18.0 Å². The van der Waals surface area contributed by atoms with Gasteiger partial charge in [-0.3, -0.25) is 4.79 Å². The lowest BCUT2D eigenvalue weighted by molar-refractivity contribution is -0.121. The molecule has 0 atom stereocenters. The Balaban J connectivity index is 2.38. The highest BCUT2D eigenvalue weighted by Crippen LogP contribution is 2.08. The van der Waals surface area contributed by atoms with Crippen LogP contribution in [0, 0.1) is 0 Å². The molecule has 1 rings (SSSR count). The van der Waals surface area contributed by atoms with Crippen LogP contribution in [0.15, 0.2) is 4.99 Å². The number of carbonyl (C=O) groups is 1. The quantitative estimate of drug-likeness (QED) is 0.551. The van der Waals surface area contributed by atoms with Crippen molar-refractivity contribution in [2.45, 2.75) is 26.3 Å². The largest absolute Gasteiger partial charge is 0.370 e. The van der Waals surface area contributed by atoms with Gasteiger partial charge in [0.05, 0.1) is 0 Å². The van der Waals surface area contributed by atoms with Crippen LogP contribution in [0.5, 0.6) is 0 Å². The highest BCUT2D eigenvalue weighted by molar-refractivity contribution is 7.99. The van der Waals surface area contributed by atoms with Crippen LogP contribution in [-0.4, -0.2) is 53.4 Å². The SMILES string of the molecule is CC(C)(C)NC(=O)CN=C(N)N1CCSCC1. The Morgan fingerprint density at radius 2 is 2.00 bits per heavy atom. The topological polar surface area (TPSA) is 70.7 Å². The fraction of sp³-hybridized carbons (Fsp3) is 0.818. The molecule has 0 radical (unpaired) electrons. The zero-order valence-electron chi connectivity index (χ0n) is 10.8. The third-order valence-electron chi connectivity index (χ3n) is 2.23. The Kier molecular flexibility index (Phi) is 5.11. The molecule has 1 aliphatic heterocycles. The maximum Gasteiger partial charge on any atom is 0.242 e. The molecule has 6 heteroatoms. The number of nitrogens with one attached hydrogen (secondary N) is 1. The van der Waals surface area contributed by atoms with Gasteiger partial charge in [0.1, 0.15) is 6.54 Å². The average Bonchev–Trinajstić information content (AvgIpc) is 2.25. The first-order valence-corrected chi connectivity index (χ1v) is 6.97. The number of hydrogen-bond acceptors (Lipinski definition) is 3. The molecular weight excluding hydrogens is 236 g/mol. The van der Waals surface area contributed by atoms with E-state index in [1.807, 2.05) is 37.4 Å². The number of aliphatic imine (C=N–C) groups is 1. The van der Waals surface area contributed by atoms with Crippen LogP contribution < -0.4 is 11.1 Å². The third-order valence-corrected chi connectivity index (χ3v) is 3.18. The Labute approximate surface area is 107 Å². The summed E-state index contributed by atoms with van der Waals surface area (Å²) >= 11 is 1.92. The molecule has 0 bridgehead atoms. The lowest BCUT2D eigenvalue weighted by atomic mass is 10.1. The van der Waals surface area contributed by atoms with E-state index in [1.165, 1.54) is 0 Å². The molecule has 1 fully saturated rings. The normalized spacial score (nSPS) is 18.1. The highest BCUT2D eigenvalue weighted by Gasteiger charge is 2.15. The van der Waals surface area contributed by atoms with Crippen LogP contribution in [0.1, 0.15) is 20.8 Å². The third kappa shape index (κ3) is 5.81. The Hall–Kier alpha value is -0.910. The highest BCUT2D eigenvalue weighted by atomic mass is 32.2. The summed E-state index contributed by atoms with van der Waals surface area (Å²) in [7, 11) is 0. The lowest BCUT2D eigenvalue weighted by Crippen LogP contribution is -2.44. The summed E-state index contributed by atoms with van der Waals surface area (Å²) in [5.41, 5.74) is 5.63. The fourth-order valence-electron chi connectivity index (χ4n) is 1.50. The van der Waals surface area contributed by atoms with Crippen molar-refractivity contribution in [3.05, 3.63) is 0 Å². The zero-order valence-corrected chi connectivity index (χ0v) is 11.6. The van der Waals surface area contributed by atoms with E-state index in [1.54, 1.807) is 0 Å². The van der Waals surface area contributed by atoms with Gasteiger partial charge in [0.2, 0.25) is 5.91 Å². The van der Waals surface area contributed by atoms with Crippen LogP contribution in [0.4, 0.5) is 0 Å². The standard InChI is InChI=1S/C11H22N4OS/c1-11(2,3)14-9(16)8-13-10(12)15-4-6-17-7-5-15/h4-8H2,1-3H3,(H2,12,13)(H,14,16). The van der Waals surface area contributed by atoms with Crippen molar-refractivity contribution in [2.75, 3.05) is 31.1 Å². The molecule has 0 saturated carbocycles. The van der Waals surface area contributed by atoms with Gasteiger partial charge in [0, 0.05) is 30.1 Å². The van der Waals surface area contributed by atoms with Gasteiger partial charge < -0.3 is 16.0 Å². The summed E-state index contributed by atoms with van der Waals surface area (Å²) in [6.45, 7) is 7.77. The minimum atomic E-state index is -0.219. The van der Waals surface area contributed by atoms with Crippen LogP contribution in [0.25, 0.3) is 0 Å². The Bertz CT molecular complexity index is 292. The average molecular weight is 258 g/mol. The molecule has 1 saturated heterocycles. The van der Waals surface area contributed by atoms with E-state index < -0.39 is 0 Å². The lowest BCUT2D eigenvalue weighted by Gasteiger charge is -2.27. The number of carbonyl (C=O) groups excluding carboxylic acids is 1. The van der Waals surface area contributed by atoms with Gasteiger partial charge in [-0.2, -0.15) is 11.8 Å². The predicted molar refractivity (Wildman–Crippen MR) is 73.3 cm³/mol. The predicted octanol–water partition coefficient (Wildman–Crippen LogP) is 0.265. The van der Waals surface area contributed by atoms with Crippen LogP contribution in [0.2, 0.25) is 0 Å². The molecule has 0 aromatic carbocycles. The van der Waals surface area contributed by atoms with Crippen LogP contribution in [0.3, 0.4) is 0 Å². The van der Waals surface area contributed by atoms with Crippen LogP contribution in [-0.2, 0) is 4.79 Å². The number of hydrogen-bond donors (Lipinski definition) is 2. The fourth-order valence-corrected chi connectivity index (χ4v) is 2.41. The first-order chi connectivity index (χ1) is 7.88. The number of guanidine groups is 1. The maximum absolute atomic E-state index is 11.5. The van der Waals surface area contributed by atoms with Gasteiger partial charge in [-0.05, 0) is 20.8 Å². The molecule has 1 heterocycles. The monoisotopic (exact) mass is 258 g/mol. The minimum absolute atomic E-state index is 0.0909. The van der Waals surface area contributed by atoms with Gasteiger partial charge in [-0.1, -0.05) is 0 Å². The van der Waals surface area contributed by atoms with Gasteiger partial charge in [0.15, 0.2) is 5.96 Å². The van der Waals surface area contributed by atoms with Crippen LogP contribution >= 0.6 is 11.8 Å². The van der Waals surface area contributed by atoms with Crippen molar-refractivity contribution in [3.8, 4) is 0 Å². The Morgan fingerprint density at radius 3 is 2.53 bits per heavy atom. The van der Waals surface area contributed by atoms with E-state index in [2.05, 4.69) is 10.3 Å². The smallest absolute Gasteiger partial charge is 0.242 e.